The van der Waals surface area contributed by atoms with Crippen molar-refractivity contribution in [3.8, 4) is 6.07 Å². The summed E-state index contributed by atoms with van der Waals surface area (Å²) in [7, 11) is 0. The molecule has 0 saturated carbocycles. The van der Waals surface area contributed by atoms with Crippen LogP contribution in [0.3, 0.4) is 0 Å². The van der Waals surface area contributed by atoms with E-state index in [2.05, 4.69) is 52.9 Å². The number of nitrogens with zero attached hydrogens (tertiary/aromatic N) is 1. The first-order valence-corrected chi connectivity index (χ1v) is 5.79. The molecule has 0 spiro atoms. The van der Waals surface area contributed by atoms with Gasteiger partial charge in [0.1, 0.15) is 0 Å². The molecule has 2 nitrogen and oxygen atoms in total. The van der Waals surface area contributed by atoms with Crippen LogP contribution in [0, 0.1) is 22.2 Å². The largest absolute Gasteiger partial charge is 0.313 e. The Morgan fingerprint density at radius 1 is 1.20 bits per heavy atom. The third-order valence-electron chi connectivity index (χ3n) is 3.10. The quantitative estimate of drug-likeness (QED) is 0.755. The van der Waals surface area contributed by atoms with Crippen LogP contribution in [-0.2, 0) is 0 Å². The third-order valence-corrected chi connectivity index (χ3v) is 3.10. The van der Waals surface area contributed by atoms with Gasteiger partial charge in [-0.1, -0.05) is 34.6 Å². The number of nitriles is 1. The molecule has 0 heterocycles. The average molecular weight is 210 g/mol. The van der Waals surface area contributed by atoms with E-state index in [1.54, 1.807) is 0 Å². The van der Waals surface area contributed by atoms with Gasteiger partial charge in [-0.05, 0) is 24.2 Å². The SMILES string of the molecule is CC(NCC(C)(C)CCC#N)C(C)(C)C. The number of hydrogen-bond donors (Lipinski definition) is 1. The van der Waals surface area contributed by atoms with Gasteiger partial charge in [0.05, 0.1) is 6.07 Å². The molecule has 1 N–H and O–H groups in total. The topological polar surface area (TPSA) is 35.8 Å². The van der Waals surface area contributed by atoms with E-state index >= 15 is 0 Å². The minimum atomic E-state index is 0.218. The second kappa shape index (κ2) is 5.51. The van der Waals surface area contributed by atoms with Gasteiger partial charge in [0.25, 0.3) is 0 Å². The van der Waals surface area contributed by atoms with E-state index in [0.29, 0.717) is 17.9 Å². The fourth-order valence-electron chi connectivity index (χ4n) is 1.22. The molecule has 88 valence electrons. The predicted octanol–water partition coefficient (Wildman–Crippen LogP) is 3.34. The number of rotatable bonds is 5. The number of nitrogens with one attached hydrogen (secondary N) is 1. The van der Waals surface area contributed by atoms with Crippen LogP contribution >= 0.6 is 0 Å². The lowest BCUT2D eigenvalue weighted by Gasteiger charge is -2.32. The molecular formula is C13H26N2. The van der Waals surface area contributed by atoms with Gasteiger partial charge in [0.15, 0.2) is 0 Å². The van der Waals surface area contributed by atoms with Crippen molar-refractivity contribution in [2.75, 3.05) is 6.54 Å². The Hall–Kier alpha value is -0.550. The first-order valence-electron chi connectivity index (χ1n) is 5.79. The van der Waals surface area contributed by atoms with Crippen molar-refractivity contribution < 1.29 is 0 Å². The van der Waals surface area contributed by atoms with Crippen molar-refractivity contribution in [2.45, 2.75) is 60.4 Å². The van der Waals surface area contributed by atoms with Crippen molar-refractivity contribution in [3.63, 3.8) is 0 Å². The predicted molar refractivity (Wildman–Crippen MR) is 65.5 cm³/mol. The molecule has 0 aromatic rings. The molecule has 0 rings (SSSR count). The summed E-state index contributed by atoms with van der Waals surface area (Å²) >= 11 is 0. The Balaban J connectivity index is 3.99. The van der Waals surface area contributed by atoms with E-state index in [4.69, 9.17) is 5.26 Å². The summed E-state index contributed by atoms with van der Waals surface area (Å²) in [6.45, 7) is 14.4. The first-order chi connectivity index (χ1) is 6.69. The molecule has 1 unspecified atom stereocenters. The Labute approximate surface area is 95.1 Å². The lowest BCUT2D eigenvalue weighted by atomic mass is 9.84. The van der Waals surface area contributed by atoms with Crippen LogP contribution < -0.4 is 5.32 Å². The van der Waals surface area contributed by atoms with Gasteiger partial charge in [-0.2, -0.15) is 5.26 Å². The molecule has 2 heteroatoms. The van der Waals surface area contributed by atoms with Crippen LogP contribution in [0.2, 0.25) is 0 Å². The average Bonchev–Trinajstić information content (AvgIpc) is 2.09. The zero-order valence-corrected chi connectivity index (χ0v) is 11.1. The normalized spacial score (nSPS) is 14.7. The lowest BCUT2D eigenvalue weighted by molar-refractivity contribution is 0.236. The summed E-state index contributed by atoms with van der Waals surface area (Å²) in [5, 5.41) is 12.1. The maximum atomic E-state index is 8.57. The van der Waals surface area contributed by atoms with Crippen LogP contribution in [-0.4, -0.2) is 12.6 Å². The van der Waals surface area contributed by atoms with Crippen molar-refractivity contribution in [3.05, 3.63) is 0 Å². The molecule has 0 amide bonds. The molecule has 0 aromatic heterocycles. The van der Waals surface area contributed by atoms with Crippen LogP contribution in [0.15, 0.2) is 0 Å². The van der Waals surface area contributed by atoms with Crippen LogP contribution in [0.1, 0.15) is 54.4 Å². The number of hydrogen-bond acceptors (Lipinski definition) is 2. The molecule has 0 aromatic carbocycles. The summed E-state index contributed by atoms with van der Waals surface area (Å²) in [6.07, 6.45) is 1.62. The first kappa shape index (κ1) is 14.5. The zero-order chi connectivity index (χ0) is 12.1. The molecule has 0 aliphatic carbocycles. The molecule has 0 radical (unpaired) electrons. The van der Waals surface area contributed by atoms with Crippen molar-refractivity contribution in [1.29, 1.82) is 5.26 Å². The van der Waals surface area contributed by atoms with E-state index in [9.17, 15) is 0 Å². The summed E-state index contributed by atoms with van der Waals surface area (Å²) in [4.78, 5) is 0. The molecule has 0 aliphatic rings. The Bertz CT molecular complexity index is 218. The highest BCUT2D eigenvalue weighted by atomic mass is 14.9. The zero-order valence-electron chi connectivity index (χ0n) is 11.1. The maximum absolute atomic E-state index is 8.57. The Kier molecular flexibility index (Phi) is 5.31. The molecule has 0 aliphatic heterocycles. The standard InChI is InChI=1S/C13H26N2/c1-11(12(2,3)4)15-10-13(5,6)8-7-9-14/h11,15H,7-8,10H2,1-6H3. The van der Waals surface area contributed by atoms with E-state index < -0.39 is 0 Å². The molecular weight excluding hydrogens is 184 g/mol. The van der Waals surface area contributed by atoms with Gasteiger partial charge in [0.2, 0.25) is 0 Å². The summed E-state index contributed by atoms with van der Waals surface area (Å²) in [6, 6.07) is 2.71. The van der Waals surface area contributed by atoms with Gasteiger partial charge in [-0.15, -0.1) is 0 Å². The molecule has 0 fully saturated rings. The van der Waals surface area contributed by atoms with Gasteiger partial charge < -0.3 is 5.32 Å². The summed E-state index contributed by atoms with van der Waals surface area (Å²) in [5.74, 6) is 0. The molecule has 1 atom stereocenters. The van der Waals surface area contributed by atoms with Crippen LogP contribution in [0.25, 0.3) is 0 Å². The minimum absolute atomic E-state index is 0.218. The molecule has 15 heavy (non-hydrogen) atoms. The smallest absolute Gasteiger partial charge is 0.0621 e. The van der Waals surface area contributed by atoms with Gasteiger partial charge >= 0.3 is 0 Å². The van der Waals surface area contributed by atoms with E-state index in [-0.39, 0.29) is 5.41 Å². The van der Waals surface area contributed by atoms with Crippen molar-refractivity contribution >= 4 is 0 Å². The molecule has 0 bridgehead atoms. The van der Waals surface area contributed by atoms with Gasteiger partial charge in [-0.25, -0.2) is 0 Å². The summed E-state index contributed by atoms with van der Waals surface area (Å²) in [5.41, 5.74) is 0.514. The second-order valence-electron chi connectivity index (χ2n) is 6.29. The van der Waals surface area contributed by atoms with Crippen LogP contribution in [0.4, 0.5) is 0 Å². The van der Waals surface area contributed by atoms with Gasteiger partial charge in [0, 0.05) is 19.0 Å². The molecule has 0 saturated heterocycles. The monoisotopic (exact) mass is 210 g/mol. The van der Waals surface area contributed by atoms with Gasteiger partial charge in [-0.3, -0.25) is 0 Å². The highest BCUT2D eigenvalue weighted by molar-refractivity contribution is 4.82. The highest BCUT2D eigenvalue weighted by Gasteiger charge is 2.23. The fraction of sp³-hybridized carbons (Fsp3) is 0.923. The lowest BCUT2D eigenvalue weighted by Crippen LogP contribution is -2.42. The minimum Gasteiger partial charge on any atom is -0.313 e. The van der Waals surface area contributed by atoms with E-state index in [0.717, 1.165) is 13.0 Å². The second-order valence-corrected chi connectivity index (χ2v) is 6.29. The maximum Gasteiger partial charge on any atom is 0.0621 e. The van der Waals surface area contributed by atoms with Crippen molar-refractivity contribution in [2.24, 2.45) is 10.8 Å². The summed E-state index contributed by atoms with van der Waals surface area (Å²) < 4.78 is 0. The Morgan fingerprint density at radius 2 is 1.73 bits per heavy atom. The Morgan fingerprint density at radius 3 is 2.13 bits per heavy atom. The van der Waals surface area contributed by atoms with E-state index in [1.807, 2.05) is 0 Å². The van der Waals surface area contributed by atoms with E-state index in [1.165, 1.54) is 0 Å². The highest BCUT2D eigenvalue weighted by Crippen LogP contribution is 2.23. The van der Waals surface area contributed by atoms with Crippen molar-refractivity contribution in [1.82, 2.24) is 5.32 Å². The fourth-order valence-corrected chi connectivity index (χ4v) is 1.22. The third kappa shape index (κ3) is 6.52. The van der Waals surface area contributed by atoms with Crippen LogP contribution in [0.5, 0.6) is 0 Å².